The van der Waals surface area contributed by atoms with Crippen molar-refractivity contribution in [2.75, 3.05) is 45.9 Å². The van der Waals surface area contributed by atoms with E-state index in [1.54, 1.807) is 0 Å². The van der Waals surface area contributed by atoms with Gasteiger partial charge in [-0.1, -0.05) is 42.5 Å². The van der Waals surface area contributed by atoms with Crippen LogP contribution < -0.4 is 5.32 Å². The molecule has 0 spiro atoms. The van der Waals surface area contributed by atoms with E-state index in [4.69, 9.17) is 4.74 Å². The summed E-state index contributed by atoms with van der Waals surface area (Å²) in [5.74, 6) is 0. The molecule has 20 heavy (non-hydrogen) atoms. The maximum Gasteiger partial charge on any atom is 0.0594 e. The molecule has 5 heteroatoms. The minimum absolute atomic E-state index is 0. The SMILES string of the molecule is C(=Cc1ccccc1)CNCCN1CCOCC1.Cl.Cl. The summed E-state index contributed by atoms with van der Waals surface area (Å²) in [6, 6.07) is 10.4. The van der Waals surface area contributed by atoms with Crippen molar-refractivity contribution in [2.24, 2.45) is 0 Å². The molecule has 1 aliphatic rings. The van der Waals surface area contributed by atoms with Gasteiger partial charge >= 0.3 is 0 Å². The maximum atomic E-state index is 5.32. The molecule has 3 nitrogen and oxygen atoms in total. The van der Waals surface area contributed by atoms with Crippen LogP contribution in [0, 0.1) is 0 Å². The highest BCUT2D eigenvalue weighted by molar-refractivity contribution is 5.85. The van der Waals surface area contributed by atoms with Gasteiger partial charge in [-0.15, -0.1) is 24.8 Å². The van der Waals surface area contributed by atoms with Crippen LogP contribution in [0.3, 0.4) is 0 Å². The van der Waals surface area contributed by atoms with E-state index in [2.05, 4.69) is 46.6 Å². The van der Waals surface area contributed by atoms with Gasteiger partial charge in [0.25, 0.3) is 0 Å². The lowest BCUT2D eigenvalue weighted by atomic mass is 10.2. The molecule has 0 unspecified atom stereocenters. The average Bonchev–Trinajstić information content (AvgIpc) is 2.45. The summed E-state index contributed by atoms with van der Waals surface area (Å²) in [5, 5.41) is 3.43. The molecule has 0 radical (unpaired) electrons. The minimum Gasteiger partial charge on any atom is -0.379 e. The first-order chi connectivity index (χ1) is 8.95. The third-order valence-electron chi connectivity index (χ3n) is 3.08. The van der Waals surface area contributed by atoms with Gasteiger partial charge in [-0.3, -0.25) is 4.90 Å². The van der Waals surface area contributed by atoms with E-state index in [9.17, 15) is 0 Å². The molecule has 1 fully saturated rings. The van der Waals surface area contributed by atoms with Crippen LogP contribution in [-0.2, 0) is 4.74 Å². The number of halogens is 2. The van der Waals surface area contributed by atoms with Crippen molar-refractivity contribution in [1.82, 2.24) is 10.2 Å². The van der Waals surface area contributed by atoms with Gasteiger partial charge in [0.2, 0.25) is 0 Å². The molecule has 2 rings (SSSR count). The van der Waals surface area contributed by atoms with Crippen molar-refractivity contribution in [1.29, 1.82) is 0 Å². The van der Waals surface area contributed by atoms with Crippen LogP contribution in [0.4, 0.5) is 0 Å². The summed E-state index contributed by atoms with van der Waals surface area (Å²) < 4.78 is 5.32. The van der Waals surface area contributed by atoms with E-state index >= 15 is 0 Å². The molecule has 114 valence electrons. The minimum atomic E-state index is 0. The Labute approximate surface area is 134 Å². The van der Waals surface area contributed by atoms with Crippen molar-refractivity contribution in [3.05, 3.63) is 42.0 Å². The number of nitrogens with one attached hydrogen (secondary N) is 1. The number of rotatable bonds is 6. The van der Waals surface area contributed by atoms with Crippen molar-refractivity contribution in [3.63, 3.8) is 0 Å². The monoisotopic (exact) mass is 318 g/mol. The Hall–Kier alpha value is -0.580. The molecular weight excluding hydrogens is 295 g/mol. The van der Waals surface area contributed by atoms with Crippen molar-refractivity contribution >= 4 is 30.9 Å². The van der Waals surface area contributed by atoms with Crippen molar-refractivity contribution in [2.45, 2.75) is 0 Å². The molecule has 0 saturated carbocycles. The predicted octanol–water partition coefficient (Wildman–Crippen LogP) is 2.47. The number of hydrogen-bond acceptors (Lipinski definition) is 3. The highest BCUT2D eigenvalue weighted by Crippen LogP contribution is 2.00. The zero-order chi connectivity index (χ0) is 12.5. The Morgan fingerprint density at radius 1 is 1.10 bits per heavy atom. The molecule has 1 aliphatic heterocycles. The Morgan fingerprint density at radius 2 is 1.80 bits per heavy atom. The molecular formula is C15H24Cl2N2O. The summed E-state index contributed by atoms with van der Waals surface area (Å²) in [5.41, 5.74) is 1.26. The fraction of sp³-hybridized carbons (Fsp3) is 0.467. The topological polar surface area (TPSA) is 24.5 Å². The van der Waals surface area contributed by atoms with E-state index in [-0.39, 0.29) is 24.8 Å². The lowest BCUT2D eigenvalue weighted by molar-refractivity contribution is 0.0385. The van der Waals surface area contributed by atoms with Crippen LogP contribution in [0.15, 0.2) is 36.4 Å². The first kappa shape index (κ1) is 19.4. The molecule has 0 bridgehead atoms. The molecule has 1 saturated heterocycles. The van der Waals surface area contributed by atoms with E-state index in [1.807, 2.05) is 6.07 Å². The quantitative estimate of drug-likeness (QED) is 0.815. The zero-order valence-corrected chi connectivity index (χ0v) is 13.3. The number of hydrogen-bond donors (Lipinski definition) is 1. The van der Waals surface area contributed by atoms with Crippen molar-refractivity contribution < 1.29 is 4.74 Å². The van der Waals surface area contributed by atoms with Gasteiger partial charge in [-0.25, -0.2) is 0 Å². The Kier molecular flexibility index (Phi) is 11.8. The second-order valence-electron chi connectivity index (χ2n) is 4.47. The summed E-state index contributed by atoms with van der Waals surface area (Å²) in [6.45, 7) is 6.99. The lowest BCUT2D eigenvalue weighted by Gasteiger charge is -2.26. The smallest absolute Gasteiger partial charge is 0.0594 e. The average molecular weight is 319 g/mol. The second kappa shape index (κ2) is 12.2. The summed E-state index contributed by atoms with van der Waals surface area (Å²) in [6.07, 6.45) is 4.33. The number of morpholine rings is 1. The van der Waals surface area contributed by atoms with Crippen LogP contribution in [0.25, 0.3) is 6.08 Å². The van der Waals surface area contributed by atoms with Crippen LogP contribution in [-0.4, -0.2) is 50.8 Å². The Morgan fingerprint density at radius 3 is 2.50 bits per heavy atom. The predicted molar refractivity (Wildman–Crippen MR) is 90.1 cm³/mol. The van der Waals surface area contributed by atoms with Crippen LogP contribution in [0.5, 0.6) is 0 Å². The lowest BCUT2D eigenvalue weighted by Crippen LogP contribution is -2.40. The molecule has 1 N–H and O–H groups in total. The molecule has 1 heterocycles. The highest BCUT2D eigenvalue weighted by Gasteiger charge is 2.08. The molecule has 0 aromatic heterocycles. The van der Waals surface area contributed by atoms with Gasteiger partial charge in [-0.2, -0.15) is 0 Å². The second-order valence-corrected chi connectivity index (χ2v) is 4.47. The van der Waals surface area contributed by atoms with Gasteiger partial charge in [0.1, 0.15) is 0 Å². The standard InChI is InChI=1S/C15H22N2O.2ClH/c1-2-5-15(6-3-1)7-4-8-16-9-10-17-11-13-18-14-12-17;;/h1-7,16H,8-14H2;2*1H. The largest absolute Gasteiger partial charge is 0.379 e. The van der Waals surface area contributed by atoms with E-state index in [1.165, 1.54) is 5.56 Å². The van der Waals surface area contributed by atoms with E-state index in [0.717, 1.165) is 45.9 Å². The van der Waals surface area contributed by atoms with Crippen LogP contribution in [0.1, 0.15) is 5.56 Å². The fourth-order valence-corrected chi connectivity index (χ4v) is 2.01. The first-order valence-electron chi connectivity index (χ1n) is 6.67. The normalized spacial score (nSPS) is 15.6. The third kappa shape index (κ3) is 7.88. The molecule has 1 aromatic carbocycles. The van der Waals surface area contributed by atoms with Crippen molar-refractivity contribution in [3.8, 4) is 0 Å². The number of nitrogens with zero attached hydrogens (tertiary/aromatic N) is 1. The van der Waals surface area contributed by atoms with Crippen LogP contribution >= 0.6 is 24.8 Å². The molecule has 0 amide bonds. The first-order valence-corrected chi connectivity index (χ1v) is 6.67. The molecule has 1 aromatic rings. The molecule has 0 aliphatic carbocycles. The van der Waals surface area contributed by atoms with Gasteiger partial charge in [0, 0.05) is 32.7 Å². The van der Waals surface area contributed by atoms with E-state index in [0.29, 0.717) is 0 Å². The third-order valence-corrected chi connectivity index (χ3v) is 3.08. The highest BCUT2D eigenvalue weighted by atomic mass is 35.5. The Bertz CT molecular complexity index is 354. The van der Waals surface area contributed by atoms with Gasteiger partial charge in [0.15, 0.2) is 0 Å². The number of ether oxygens (including phenoxy) is 1. The fourth-order valence-electron chi connectivity index (χ4n) is 2.01. The van der Waals surface area contributed by atoms with Gasteiger partial charge < -0.3 is 10.1 Å². The summed E-state index contributed by atoms with van der Waals surface area (Å²) in [7, 11) is 0. The number of benzene rings is 1. The zero-order valence-electron chi connectivity index (χ0n) is 11.7. The van der Waals surface area contributed by atoms with Crippen LogP contribution in [0.2, 0.25) is 0 Å². The molecule has 0 atom stereocenters. The van der Waals surface area contributed by atoms with Gasteiger partial charge in [0.05, 0.1) is 13.2 Å². The van der Waals surface area contributed by atoms with E-state index < -0.39 is 0 Å². The summed E-state index contributed by atoms with van der Waals surface area (Å²) >= 11 is 0. The maximum absolute atomic E-state index is 5.32. The Balaban J connectivity index is 0.00000180. The van der Waals surface area contributed by atoms with Gasteiger partial charge in [-0.05, 0) is 5.56 Å². The summed E-state index contributed by atoms with van der Waals surface area (Å²) in [4.78, 5) is 2.44.